The monoisotopic (exact) mass is 351 g/mol. The van der Waals surface area contributed by atoms with Crippen LogP contribution in [-0.4, -0.2) is 18.6 Å². The number of nitrogens with zero attached hydrogens (tertiary/aromatic N) is 1. The highest BCUT2D eigenvalue weighted by Gasteiger charge is 2.38. The van der Waals surface area contributed by atoms with Crippen LogP contribution in [0.2, 0.25) is 0 Å². The smallest absolute Gasteiger partial charge is 0.220 e. The van der Waals surface area contributed by atoms with Gasteiger partial charge in [-0.05, 0) is 48.9 Å². The molecule has 136 valence electrons. The molecular formula is C21H25N3O2. The number of hydrogen-bond donors (Lipinski definition) is 2. The number of hydrogen-bond acceptors (Lipinski definition) is 4. The molecule has 26 heavy (non-hydrogen) atoms. The molecule has 0 radical (unpaired) electrons. The predicted octanol–water partition coefficient (Wildman–Crippen LogP) is 2.94. The maximum absolute atomic E-state index is 11.9. The van der Waals surface area contributed by atoms with Crippen molar-refractivity contribution in [3.8, 4) is 5.75 Å². The number of fused-ring (bicyclic) bond motifs is 1. The molecular weight excluding hydrogens is 326 g/mol. The Morgan fingerprint density at radius 3 is 2.65 bits per heavy atom. The minimum absolute atomic E-state index is 0.0482. The topological polar surface area (TPSA) is 81.6 Å². The zero-order valence-electron chi connectivity index (χ0n) is 14.8. The summed E-state index contributed by atoms with van der Waals surface area (Å²) in [5.74, 6) is 0.972. The second kappa shape index (κ2) is 6.90. The first-order valence-electron chi connectivity index (χ1n) is 9.24. The Balaban J connectivity index is 1.57. The van der Waals surface area contributed by atoms with Crippen LogP contribution >= 0.6 is 0 Å². The van der Waals surface area contributed by atoms with E-state index in [1.54, 1.807) is 0 Å². The fourth-order valence-corrected chi connectivity index (χ4v) is 3.84. The quantitative estimate of drug-likeness (QED) is 0.784. The molecule has 1 fully saturated rings. The number of carbonyl (C=O) groups is 1. The molecule has 1 amide bonds. The average molecular weight is 351 g/mol. The van der Waals surface area contributed by atoms with Crippen LogP contribution < -0.4 is 21.1 Å². The molecule has 4 rings (SSSR count). The summed E-state index contributed by atoms with van der Waals surface area (Å²) in [5, 5.41) is 0. The highest BCUT2D eigenvalue weighted by molar-refractivity contribution is 5.77. The van der Waals surface area contributed by atoms with Crippen molar-refractivity contribution in [1.29, 1.82) is 0 Å². The second-order valence-electron chi connectivity index (χ2n) is 7.42. The van der Waals surface area contributed by atoms with Crippen LogP contribution in [0.5, 0.6) is 5.75 Å². The van der Waals surface area contributed by atoms with Crippen LogP contribution in [-0.2, 0) is 11.3 Å². The summed E-state index contributed by atoms with van der Waals surface area (Å²) in [6, 6.07) is 16.1. The van der Waals surface area contributed by atoms with E-state index in [1.165, 1.54) is 5.56 Å². The van der Waals surface area contributed by atoms with E-state index in [4.69, 9.17) is 16.2 Å². The van der Waals surface area contributed by atoms with Crippen LogP contribution in [0.15, 0.2) is 48.5 Å². The van der Waals surface area contributed by atoms with E-state index in [9.17, 15) is 4.79 Å². The number of primary amides is 1. The third-order valence-electron chi connectivity index (χ3n) is 5.33. The fourth-order valence-electron chi connectivity index (χ4n) is 3.84. The zero-order valence-corrected chi connectivity index (χ0v) is 14.8. The molecule has 0 saturated heterocycles. The van der Waals surface area contributed by atoms with Gasteiger partial charge in [0.05, 0.1) is 12.2 Å². The standard InChI is InChI=1S/C21H25N3O2/c22-16-8-9-20-19(10-16)24(12-14-4-2-1-3-5-14)13-17(26-20)11-18(21(23)25)15-6-7-15/h1-5,8-10,15,17-18H,6-7,11-13,22H2,(H2,23,25)/t17-,18-/m0/s1. The average Bonchev–Trinajstić information content (AvgIpc) is 3.46. The third kappa shape index (κ3) is 3.62. The van der Waals surface area contributed by atoms with Crippen molar-refractivity contribution in [2.24, 2.45) is 17.6 Å². The van der Waals surface area contributed by atoms with Crippen LogP contribution in [0, 0.1) is 11.8 Å². The molecule has 0 bridgehead atoms. The van der Waals surface area contributed by atoms with Crippen molar-refractivity contribution in [3.05, 3.63) is 54.1 Å². The normalized spacial score (nSPS) is 20.2. The Hall–Kier alpha value is -2.69. The summed E-state index contributed by atoms with van der Waals surface area (Å²) in [5.41, 5.74) is 14.6. The minimum Gasteiger partial charge on any atom is -0.486 e. The molecule has 0 unspecified atom stereocenters. The van der Waals surface area contributed by atoms with E-state index in [0.717, 1.165) is 43.1 Å². The van der Waals surface area contributed by atoms with Crippen molar-refractivity contribution in [2.45, 2.75) is 31.9 Å². The van der Waals surface area contributed by atoms with Crippen molar-refractivity contribution in [2.75, 3.05) is 17.2 Å². The van der Waals surface area contributed by atoms with Crippen molar-refractivity contribution in [1.82, 2.24) is 0 Å². The number of nitrogens with two attached hydrogens (primary N) is 2. The summed E-state index contributed by atoms with van der Waals surface area (Å²) in [4.78, 5) is 14.1. The first-order chi connectivity index (χ1) is 12.6. The van der Waals surface area contributed by atoms with Gasteiger partial charge >= 0.3 is 0 Å². The Morgan fingerprint density at radius 1 is 1.19 bits per heavy atom. The Morgan fingerprint density at radius 2 is 1.96 bits per heavy atom. The second-order valence-corrected chi connectivity index (χ2v) is 7.42. The zero-order chi connectivity index (χ0) is 18.1. The van der Waals surface area contributed by atoms with Gasteiger partial charge in [-0.2, -0.15) is 0 Å². The van der Waals surface area contributed by atoms with Gasteiger partial charge in [0.25, 0.3) is 0 Å². The summed E-state index contributed by atoms with van der Waals surface area (Å²) < 4.78 is 6.21. The van der Waals surface area contributed by atoms with Gasteiger partial charge in [0.15, 0.2) is 0 Å². The lowest BCUT2D eigenvalue weighted by Crippen LogP contribution is -2.42. The largest absolute Gasteiger partial charge is 0.486 e. The third-order valence-corrected chi connectivity index (χ3v) is 5.33. The van der Waals surface area contributed by atoms with Crippen LogP contribution in [0.3, 0.4) is 0 Å². The fraction of sp³-hybridized carbons (Fsp3) is 0.381. The van der Waals surface area contributed by atoms with E-state index >= 15 is 0 Å². The first-order valence-corrected chi connectivity index (χ1v) is 9.24. The molecule has 0 aromatic heterocycles. The Labute approximate surface area is 153 Å². The SMILES string of the molecule is NC(=O)[C@@H](C[C@H]1CN(Cc2ccccc2)c2cc(N)ccc2O1)C1CC1. The lowest BCUT2D eigenvalue weighted by molar-refractivity contribution is -0.123. The van der Waals surface area contributed by atoms with E-state index in [-0.39, 0.29) is 17.9 Å². The van der Waals surface area contributed by atoms with E-state index in [2.05, 4.69) is 17.0 Å². The van der Waals surface area contributed by atoms with Gasteiger partial charge in [0.2, 0.25) is 5.91 Å². The Kier molecular flexibility index (Phi) is 4.45. The van der Waals surface area contributed by atoms with Crippen LogP contribution in [0.4, 0.5) is 11.4 Å². The molecule has 5 nitrogen and oxygen atoms in total. The molecule has 1 aliphatic heterocycles. The van der Waals surface area contributed by atoms with Gasteiger partial charge in [-0.25, -0.2) is 0 Å². The van der Waals surface area contributed by atoms with Crippen molar-refractivity contribution in [3.63, 3.8) is 0 Å². The summed E-state index contributed by atoms with van der Waals surface area (Å²) in [6.07, 6.45) is 2.82. The van der Waals surface area contributed by atoms with Gasteiger partial charge in [0, 0.05) is 18.2 Å². The lowest BCUT2D eigenvalue weighted by atomic mass is 9.94. The molecule has 2 atom stereocenters. The van der Waals surface area contributed by atoms with Crippen LogP contribution in [0.25, 0.3) is 0 Å². The molecule has 5 heteroatoms. The highest BCUT2D eigenvalue weighted by Crippen LogP contribution is 2.42. The summed E-state index contributed by atoms with van der Waals surface area (Å²) in [7, 11) is 0. The number of anilines is 2. The van der Waals surface area contributed by atoms with E-state index in [1.807, 2.05) is 36.4 Å². The molecule has 2 aliphatic rings. The Bertz CT molecular complexity index is 789. The summed E-state index contributed by atoms with van der Waals surface area (Å²) in [6.45, 7) is 1.50. The van der Waals surface area contributed by atoms with Gasteiger partial charge < -0.3 is 21.1 Å². The molecule has 1 heterocycles. The van der Waals surface area contributed by atoms with Crippen molar-refractivity contribution >= 4 is 17.3 Å². The molecule has 2 aromatic rings. The number of amides is 1. The number of benzene rings is 2. The molecule has 1 saturated carbocycles. The maximum Gasteiger partial charge on any atom is 0.220 e. The lowest BCUT2D eigenvalue weighted by Gasteiger charge is -2.37. The van der Waals surface area contributed by atoms with Crippen molar-refractivity contribution < 1.29 is 9.53 Å². The summed E-state index contributed by atoms with van der Waals surface area (Å²) >= 11 is 0. The number of ether oxygens (including phenoxy) is 1. The van der Waals surface area contributed by atoms with Crippen LogP contribution in [0.1, 0.15) is 24.8 Å². The highest BCUT2D eigenvalue weighted by atomic mass is 16.5. The first kappa shape index (κ1) is 16.8. The number of carbonyl (C=O) groups excluding carboxylic acids is 1. The van der Waals surface area contributed by atoms with Gasteiger partial charge in [-0.1, -0.05) is 30.3 Å². The van der Waals surface area contributed by atoms with Gasteiger partial charge in [0.1, 0.15) is 11.9 Å². The maximum atomic E-state index is 11.9. The molecule has 2 aromatic carbocycles. The molecule has 4 N–H and O–H groups in total. The van der Waals surface area contributed by atoms with Gasteiger partial charge in [-0.3, -0.25) is 4.79 Å². The van der Waals surface area contributed by atoms with E-state index in [0.29, 0.717) is 12.3 Å². The van der Waals surface area contributed by atoms with Gasteiger partial charge in [-0.15, -0.1) is 0 Å². The number of rotatable bonds is 6. The predicted molar refractivity (Wildman–Crippen MR) is 103 cm³/mol. The van der Waals surface area contributed by atoms with E-state index < -0.39 is 0 Å². The minimum atomic E-state index is -0.200. The number of nitrogen functional groups attached to an aromatic ring is 1. The molecule has 0 spiro atoms. The molecule has 1 aliphatic carbocycles.